The van der Waals surface area contributed by atoms with Gasteiger partial charge in [0.25, 0.3) is 0 Å². The topological polar surface area (TPSA) is 50.6 Å². The number of hydrogen-bond acceptors (Lipinski definition) is 4. The minimum atomic E-state index is 0.0645. The average molecular weight is 378 g/mol. The van der Waals surface area contributed by atoms with Gasteiger partial charge in [0.15, 0.2) is 0 Å². The molecule has 6 heteroatoms. The summed E-state index contributed by atoms with van der Waals surface area (Å²) in [6.45, 7) is 2.10. The van der Waals surface area contributed by atoms with Gasteiger partial charge in [-0.1, -0.05) is 36.4 Å². The van der Waals surface area contributed by atoms with Gasteiger partial charge in [-0.05, 0) is 31.3 Å². The van der Waals surface area contributed by atoms with Gasteiger partial charge in [-0.15, -0.1) is 0 Å². The maximum absolute atomic E-state index is 12.5. The van der Waals surface area contributed by atoms with Gasteiger partial charge >= 0.3 is 0 Å². The average Bonchev–Trinajstić information content (AvgIpc) is 3.18. The number of benzene rings is 2. The second kappa shape index (κ2) is 9.71. The van der Waals surface area contributed by atoms with E-state index in [2.05, 4.69) is 5.10 Å². The molecule has 3 rings (SSSR count). The van der Waals surface area contributed by atoms with Gasteiger partial charge in [-0.2, -0.15) is 5.10 Å². The first-order valence-corrected chi connectivity index (χ1v) is 9.31. The summed E-state index contributed by atoms with van der Waals surface area (Å²) in [5, 5.41) is 4.38. The van der Waals surface area contributed by atoms with Gasteiger partial charge in [0.05, 0.1) is 18.4 Å². The molecule has 28 heavy (non-hydrogen) atoms. The molecule has 0 aliphatic carbocycles. The van der Waals surface area contributed by atoms with Crippen LogP contribution in [0.15, 0.2) is 73.1 Å². The molecule has 0 radical (unpaired) electrons. The minimum Gasteiger partial charge on any atom is -0.492 e. The summed E-state index contributed by atoms with van der Waals surface area (Å²) >= 11 is 0. The van der Waals surface area contributed by atoms with Crippen LogP contribution in [0.5, 0.6) is 5.75 Å². The van der Waals surface area contributed by atoms with Crippen molar-refractivity contribution in [3.63, 3.8) is 0 Å². The van der Waals surface area contributed by atoms with Crippen molar-refractivity contribution < 1.29 is 9.53 Å². The quantitative estimate of drug-likeness (QED) is 0.575. The summed E-state index contributed by atoms with van der Waals surface area (Å²) in [5.74, 6) is 0.907. The van der Waals surface area contributed by atoms with Crippen LogP contribution in [0.2, 0.25) is 0 Å². The highest BCUT2D eigenvalue weighted by Gasteiger charge is 2.13. The van der Waals surface area contributed by atoms with Crippen molar-refractivity contribution in [2.45, 2.75) is 6.54 Å². The first-order valence-electron chi connectivity index (χ1n) is 9.31. The highest BCUT2D eigenvalue weighted by Crippen LogP contribution is 2.10. The van der Waals surface area contributed by atoms with Crippen LogP contribution in [0.4, 0.5) is 0 Å². The molecule has 0 fully saturated rings. The Balaban J connectivity index is 1.43. The van der Waals surface area contributed by atoms with E-state index in [0.717, 1.165) is 17.0 Å². The molecule has 0 aliphatic heterocycles. The smallest absolute Gasteiger partial charge is 0.236 e. The van der Waals surface area contributed by atoms with Crippen molar-refractivity contribution in [1.29, 1.82) is 0 Å². The summed E-state index contributed by atoms with van der Waals surface area (Å²) in [5.41, 5.74) is 2.00. The van der Waals surface area contributed by atoms with E-state index in [1.165, 1.54) is 0 Å². The number of amides is 1. The van der Waals surface area contributed by atoms with Gasteiger partial charge in [0.1, 0.15) is 12.4 Å². The van der Waals surface area contributed by atoms with Crippen molar-refractivity contribution in [3.05, 3.63) is 78.6 Å². The van der Waals surface area contributed by atoms with Crippen molar-refractivity contribution in [3.8, 4) is 11.4 Å². The lowest BCUT2D eigenvalue weighted by Gasteiger charge is -2.21. The molecule has 2 aromatic carbocycles. The first kappa shape index (κ1) is 19.6. The van der Waals surface area contributed by atoms with Crippen LogP contribution < -0.4 is 4.74 Å². The van der Waals surface area contributed by atoms with E-state index in [0.29, 0.717) is 26.2 Å². The largest absolute Gasteiger partial charge is 0.492 e. The molecule has 0 unspecified atom stereocenters. The third-order valence-electron chi connectivity index (χ3n) is 4.39. The Hall–Kier alpha value is -3.12. The van der Waals surface area contributed by atoms with Crippen molar-refractivity contribution in [2.75, 3.05) is 33.8 Å². The van der Waals surface area contributed by atoms with Gasteiger partial charge in [0, 0.05) is 31.9 Å². The maximum atomic E-state index is 12.5. The number of nitrogens with zero attached hydrogens (tertiary/aromatic N) is 4. The molecule has 0 aliphatic rings. The number of hydrogen-bond donors (Lipinski definition) is 0. The lowest BCUT2D eigenvalue weighted by atomic mass is 10.3. The molecule has 0 saturated carbocycles. The van der Waals surface area contributed by atoms with E-state index in [9.17, 15) is 4.79 Å². The summed E-state index contributed by atoms with van der Waals surface area (Å²) in [7, 11) is 3.74. The standard InChI is InChI=1S/C22H26N4O2/c1-24(13-14-28-21-11-7-4-8-12-21)18-22(27)25(2)16-19-15-23-26(17-19)20-9-5-3-6-10-20/h3-12,15,17H,13-14,16,18H2,1-2H3. The Morgan fingerprint density at radius 2 is 1.71 bits per heavy atom. The van der Waals surface area contributed by atoms with Crippen LogP contribution in [-0.2, 0) is 11.3 Å². The molecule has 0 bridgehead atoms. The number of carbonyl (C=O) groups excluding carboxylic acids is 1. The number of ether oxygens (including phenoxy) is 1. The number of para-hydroxylation sites is 2. The number of likely N-dealkylation sites (N-methyl/N-ethyl adjacent to an activating group) is 2. The van der Waals surface area contributed by atoms with Crippen LogP contribution in [0.1, 0.15) is 5.56 Å². The second-order valence-electron chi connectivity index (χ2n) is 6.78. The Morgan fingerprint density at radius 3 is 2.43 bits per heavy atom. The minimum absolute atomic E-state index is 0.0645. The Labute approximate surface area is 166 Å². The fourth-order valence-electron chi connectivity index (χ4n) is 2.79. The Morgan fingerprint density at radius 1 is 1.04 bits per heavy atom. The predicted molar refractivity (Wildman–Crippen MR) is 109 cm³/mol. The highest BCUT2D eigenvalue weighted by molar-refractivity contribution is 5.77. The van der Waals surface area contributed by atoms with Crippen LogP contribution in [-0.4, -0.2) is 59.3 Å². The van der Waals surface area contributed by atoms with Crippen molar-refractivity contribution in [1.82, 2.24) is 19.6 Å². The van der Waals surface area contributed by atoms with Crippen LogP contribution in [0.25, 0.3) is 5.69 Å². The van der Waals surface area contributed by atoms with Crippen molar-refractivity contribution >= 4 is 5.91 Å². The summed E-state index contributed by atoms with van der Waals surface area (Å²) in [4.78, 5) is 16.2. The van der Waals surface area contributed by atoms with E-state index in [4.69, 9.17) is 4.74 Å². The van der Waals surface area contributed by atoms with E-state index >= 15 is 0 Å². The van der Waals surface area contributed by atoms with Gasteiger partial charge < -0.3 is 9.64 Å². The first-order chi connectivity index (χ1) is 13.6. The lowest BCUT2D eigenvalue weighted by molar-refractivity contribution is -0.131. The number of aromatic nitrogens is 2. The zero-order chi connectivity index (χ0) is 19.8. The molecular formula is C22H26N4O2. The molecule has 0 atom stereocenters. The SMILES string of the molecule is CN(CCOc1ccccc1)CC(=O)N(C)Cc1cnn(-c2ccccc2)c1. The molecule has 0 spiro atoms. The van der Waals surface area contributed by atoms with Gasteiger partial charge in [0.2, 0.25) is 5.91 Å². The molecule has 3 aromatic rings. The molecule has 6 nitrogen and oxygen atoms in total. The maximum Gasteiger partial charge on any atom is 0.236 e. The molecule has 1 heterocycles. The third-order valence-corrected chi connectivity index (χ3v) is 4.39. The van der Waals surface area contributed by atoms with E-state index < -0.39 is 0 Å². The lowest BCUT2D eigenvalue weighted by Crippen LogP contribution is -2.37. The van der Waals surface area contributed by atoms with Crippen LogP contribution in [0, 0.1) is 0 Å². The normalized spacial score (nSPS) is 10.8. The predicted octanol–water partition coefficient (Wildman–Crippen LogP) is 2.84. The summed E-state index contributed by atoms with van der Waals surface area (Å²) in [6, 6.07) is 19.6. The van der Waals surface area contributed by atoms with Crippen LogP contribution >= 0.6 is 0 Å². The third kappa shape index (κ3) is 5.69. The van der Waals surface area contributed by atoms with E-state index in [-0.39, 0.29) is 5.91 Å². The summed E-state index contributed by atoms with van der Waals surface area (Å²) in [6.07, 6.45) is 3.75. The summed E-state index contributed by atoms with van der Waals surface area (Å²) < 4.78 is 7.50. The van der Waals surface area contributed by atoms with Gasteiger partial charge in [-0.3, -0.25) is 9.69 Å². The van der Waals surface area contributed by atoms with E-state index in [1.54, 1.807) is 11.1 Å². The molecule has 0 saturated heterocycles. The Kier molecular flexibility index (Phi) is 6.81. The highest BCUT2D eigenvalue weighted by atomic mass is 16.5. The second-order valence-corrected chi connectivity index (χ2v) is 6.78. The monoisotopic (exact) mass is 378 g/mol. The zero-order valence-electron chi connectivity index (χ0n) is 16.4. The van der Waals surface area contributed by atoms with E-state index in [1.807, 2.05) is 90.5 Å². The Bertz CT molecular complexity index is 865. The number of rotatable bonds is 9. The number of carbonyl (C=O) groups is 1. The molecule has 146 valence electrons. The molecule has 0 N–H and O–H groups in total. The molecular weight excluding hydrogens is 352 g/mol. The molecule has 1 aromatic heterocycles. The fourth-order valence-corrected chi connectivity index (χ4v) is 2.79. The van der Waals surface area contributed by atoms with Gasteiger partial charge in [-0.25, -0.2) is 4.68 Å². The van der Waals surface area contributed by atoms with Crippen molar-refractivity contribution in [2.24, 2.45) is 0 Å². The zero-order valence-corrected chi connectivity index (χ0v) is 16.4. The fraction of sp³-hybridized carbons (Fsp3) is 0.273. The molecule has 1 amide bonds. The van der Waals surface area contributed by atoms with Crippen LogP contribution in [0.3, 0.4) is 0 Å².